The lowest BCUT2D eigenvalue weighted by Crippen LogP contribution is -2.40. The van der Waals surface area contributed by atoms with Gasteiger partial charge in [-0.2, -0.15) is 4.31 Å². The van der Waals surface area contributed by atoms with Crippen LogP contribution in [-0.2, 0) is 29.3 Å². The van der Waals surface area contributed by atoms with Gasteiger partial charge in [-0.25, -0.2) is 21.6 Å². The highest BCUT2D eigenvalue weighted by atomic mass is 32.2. The van der Waals surface area contributed by atoms with Crippen molar-refractivity contribution >= 4 is 25.8 Å². The molecule has 0 aromatic heterocycles. The summed E-state index contributed by atoms with van der Waals surface area (Å²) in [4.78, 5) is 12.7. The fourth-order valence-electron chi connectivity index (χ4n) is 3.15. The lowest BCUT2D eigenvalue weighted by molar-refractivity contribution is 0.0504. The van der Waals surface area contributed by atoms with E-state index in [0.717, 1.165) is 0 Å². The van der Waals surface area contributed by atoms with E-state index in [1.165, 1.54) is 28.6 Å². The van der Waals surface area contributed by atoms with Crippen LogP contribution >= 0.6 is 0 Å². The fraction of sp³-hybridized carbons (Fsp3) is 0.381. The largest absolute Gasteiger partial charge is 0.462 e. The summed E-state index contributed by atoms with van der Waals surface area (Å²) < 4.78 is 62.0. The summed E-state index contributed by atoms with van der Waals surface area (Å²) in [5, 5.41) is 0. The maximum absolute atomic E-state index is 12.8. The van der Waals surface area contributed by atoms with E-state index < -0.39 is 25.8 Å². The molecule has 0 saturated carbocycles. The topological polar surface area (TPSA) is 107 Å². The first-order valence-electron chi connectivity index (χ1n) is 9.85. The van der Waals surface area contributed by atoms with Gasteiger partial charge < -0.3 is 9.47 Å². The third-order valence-corrected chi connectivity index (χ3v) is 8.64. The zero-order valence-corrected chi connectivity index (χ0v) is 18.8. The quantitative estimate of drug-likeness (QED) is 0.432. The van der Waals surface area contributed by atoms with Gasteiger partial charge in [0.1, 0.15) is 0 Å². The molecule has 2 aromatic carbocycles. The van der Waals surface area contributed by atoms with E-state index in [-0.39, 0.29) is 47.2 Å². The van der Waals surface area contributed by atoms with Gasteiger partial charge in [0.25, 0.3) is 0 Å². The predicted molar refractivity (Wildman–Crippen MR) is 114 cm³/mol. The Morgan fingerprint density at radius 2 is 1.68 bits per heavy atom. The summed E-state index contributed by atoms with van der Waals surface area (Å²) in [5.41, 5.74) is 0.711. The Morgan fingerprint density at radius 3 is 2.35 bits per heavy atom. The molecule has 168 valence electrons. The highest BCUT2D eigenvalue weighted by molar-refractivity contribution is 7.91. The van der Waals surface area contributed by atoms with Crippen molar-refractivity contribution in [1.29, 1.82) is 0 Å². The molecule has 1 saturated heterocycles. The normalized spacial score (nSPS) is 15.5. The van der Waals surface area contributed by atoms with Crippen LogP contribution in [0.15, 0.2) is 58.3 Å². The van der Waals surface area contributed by atoms with Gasteiger partial charge in [0, 0.05) is 13.1 Å². The summed E-state index contributed by atoms with van der Waals surface area (Å²) in [6.45, 7) is 2.75. The molecule has 1 fully saturated rings. The number of sulfonamides is 1. The first-order chi connectivity index (χ1) is 14.7. The number of aryl methyl sites for hydroxylation is 1. The maximum atomic E-state index is 12.8. The number of sulfone groups is 1. The summed E-state index contributed by atoms with van der Waals surface area (Å²) >= 11 is 0. The number of esters is 1. The summed E-state index contributed by atoms with van der Waals surface area (Å²) in [6, 6.07) is 12.4. The van der Waals surface area contributed by atoms with Crippen LogP contribution in [0.1, 0.15) is 22.3 Å². The van der Waals surface area contributed by atoms with Crippen molar-refractivity contribution in [2.24, 2.45) is 0 Å². The first-order valence-corrected chi connectivity index (χ1v) is 12.9. The Labute approximate surface area is 182 Å². The van der Waals surface area contributed by atoms with E-state index in [2.05, 4.69) is 0 Å². The van der Waals surface area contributed by atoms with Crippen molar-refractivity contribution in [2.45, 2.75) is 23.1 Å². The second-order valence-corrected chi connectivity index (χ2v) is 11.2. The molecule has 1 aliphatic heterocycles. The number of rotatable bonds is 8. The Bertz CT molecular complexity index is 1120. The number of morpholine rings is 1. The van der Waals surface area contributed by atoms with E-state index in [0.29, 0.717) is 18.8 Å². The van der Waals surface area contributed by atoms with Gasteiger partial charge in [0.15, 0.2) is 9.84 Å². The zero-order chi connectivity index (χ0) is 22.5. The zero-order valence-electron chi connectivity index (χ0n) is 17.2. The molecule has 31 heavy (non-hydrogen) atoms. The molecule has 1 aliphatic rings. The second-order valence-electron chi connectivity index (χ2n) is 7.11. The number of ether oxygens (including phenoxy) is 2. The van der Waals surface area contributed by atoms with Gasteiger partial charge in [-0.1, -0.05) is 24.3 Å². The average molecular weight is 468 g/mol. The van der Waals surface area contributed by atoms with Crippen LogP contribution in [0.25, 0.3) is 0 Å². The summed E-state index contributed by atoms with van der Waals surface area (Å²) in [5.74, 6) is -0.844. The molecule has 0 N–H and O–H groups in total. The van der Waals surface area contributed by atoms with Crippen LogP contribution in [-0.4, -0.2) is 65.8 Å². The first kappa shape index (κ1) is 23.4. The van der Waals surface area contributed by atoms with Crippen molar-refractivity contribution in [2.75, 3.05) is 38.7 Å². The molecule has 0 unspecified atom stereocenters. The molecule has 1 heterocycles. The highest BCUT2D eigenvalue weighted by Crippen LogP contribution is 2.21. The van der Waals surface area contributed by atoms with Crippen molar-refractivity contribution in [1.82, 2.24) is 4.31 Å². The van der Waals surface area contributed by atoms with Gasteiger partial charge in [0.2, 0.25) is 10.0 Å². The third-order valence-electron chi connectivity index (χ3n) is 4.93. The van der Waals surface area contributed by atoms with Gasteiger partial charge in [-0.15, -0.1) is 0 Å². The number of carbonyl (C=O) groups excluding carboxylic acids is 1. The fourth-order valence-corrected chi connectivity index (χ4v) is 5.89. The smallest absolute Gasteiger partial charge is 0.338 e. The van der Waals surface area contributed by atoms with Crippen LogP contribution in [0.4, 0.5) is 0 Å². The Hall–Kier alpha value is -2.27. The Kier molecular flexibility index (Phi) is 7.47. The number of nitrogens with zero attached hydrogens (tertiary/aromatic N) is 1. The van der Waals surface area contributed by atoms with Crippen molar-refractivity contribution in [3.8, 4) is 0 Å². The molecular weight excluding hydrogens is 442 g/mol. The van der Waals surface area contributed by atoms with Crippen LogP contribution < -0.4 is 0 Å². The van der Waals surface area contributed by atoms with Gasteiger partial charge in [-0.3, -0.25) is 0 Å². The molecule has 8 nitrogen and oxygen atoms in total. The van der Waals surface area contributed by atoms with Crippen LogP contribution in [0, 0.1) is 6.92 Å². The molecule has 0 spiro atoms. The molecule has 0 atom stereocenters. The Balaban J connectivity index is 1.63. The molecule has 0 aliphatic carbocycles. The average Bonchev–Trinajstić information content (AvgIpc) is 2.78. The van der Waals surface area contributed by atoms with Crippen molar-refractivity contribution < 1.29 is 31.1 Å². The second kappa shape index (κ2) is 9.90. The summed E-state index contributed by atoms with van der Waals surface area (Å²) in [6.07, 6.45) is 0.133. The number of hydrogen-bond acceptors (Lipinski definition) is 7. The number of hydrogen-bond donors (Lipinski definition) is 0. The maximum Gasteiger partial charge on any atom is 0.338 e. The van der Waals surface area contributed by atoms with Gasteiger partial charge >= 0.3 is 5.97 Å². The van der Waals surface area contributed by atoms with Crippen LogP contribution in [0.5, 0.6) is 0 Å². The molecular formula is C21H25NO7S2. The highest BCUT2D eigenvalue weighted by Gasteiger charge is 2.27. The third kappa shape index (κ3) is 5.70. The lowest BCUT2D eigenvalue weighted by Gasteiger charge is -2.26. The van der Waals surface area contributed by atoms with E-state index in [1.54, 1.807) is 31.2 Å². The number of benzene rings is 2. The van der Waals surface area contributed by atoms with Crippen molar-refractivity contribution in [3.05, 3.63) is 59.7 Å². The predicted octanol–water partition coefficient (Wildman–Crippen LogP) is 2.04. The molecule has 2 aromatic rings. The van der Waals surface area contributed by atoms with Gasteiger partial charge in [0.05, 0.1) is 40.9 Å². The van der Waals surface area contributed by atoms with E-state index >= 15 is 0 Å². The minimum Gasteiger partial charge on any atom is -0.462 e. The van der Waals surface area contributed by atoms with E-state index in [1.807, 2.05) is 0 Å². The van der Waals surface area contributed by atoms with E-state index in [9.17, 15) is 21.6 Å². The number of carbonyl (C=O) groups is 1. The molecule has 0 amide bonds. The molecule has 3 rings (SSSR count). The van der Waals surface area contributed by atoms with Crippen LogP contribution in [0.3, 0.4) is 0 Å². The van der Waals surface area contributed by atoms with Crippen LogP contribution in [0.2, 0.25) is 0 Å². The molecule has 0 radical (unpaired) electrons. The monoisotopic (exact) mass is 467 g/mol. The minimum atomic E-state index is -3.74. The van der Waals surface area contributed by atoms with Gasteiger partial charge in [-0.05, 0) is 43.2 Å². The standard InChI is InChI=1S/C21H25NO7S2/c1-17-8-9-19(31(26,27)22-10-13-28-14-11-22)16-20(17)21(23)29-12-5-15-30(24,25)18-6-3-2-4-7-18/h2-4,6-9,16H,5,10-15H2,1H3. The summed E-state index contributed by atoms with van der Waals surface area (Å²) in [7, 11) is -7.20. The molecule has 10 heteroatoms. The molecule has 0 bridgehead atoms. The van der Waals surface area contributed by atoms with E-state index in [4.69, 9.17) is 9.47 Å². The lowest BCUT2D eigenvalue weighted by atomic mass is 10.1. The Morgan fingerprint density at radius 1 is 1.00 bits per heavy atom. The van der Waals surface area contributed by atoms with Crippen molar-refractivity contribution in [3.63, 3.8) is 0 Å². The minimum absolute atomic E-state index is 0.0126. The SMILES string of the molecule is Cc1ccc(S(=O)(=O)N2CCOCC2)cc1C(=O)OCCCS(=O)(=O)c1ccccc1.